The molecule has 0 saturated carbocycles. The van der Waals surface area contributed by atoms with Crippen LogP contribution in [0.1, 0.15) is 19.8 Å². The molecule has 4 heteroatoms. The molecule has 0 spiro atoms. The number of nitrogens with one attached hydrogen (secondary N) is 1. The topological polar surface area (TPSA) is 39.1 Å². The maximum Gasteiger partial charge on any atom is 0.202 e. The smallest absolute Gasteiger partial charge is 0.202 e. The molecule has 2 heterocycles. The average molecular weight is 209 g/mol. The highest BCUT2D eigenvalue weighted by atomic mass is 16.5. The van der Waals surface area contributed by atoms with Gasteiger partial charge in [0.05, 0.1) is 6.10 Å². The van der Waals surface area contributed by atoms with Gasteiger partial charge in [-0.15, -0.1) is 0 Å². The van der Waals surface area contributed by atoms with Gasteiger partial charge >= 0.3 is 0 Å². The number of anilines is 1. The maximum atomic E-state index is 5.65. The largest absolute Gasteiger partial charge is 0.378 e. The van der Waals surface area contributed by atoms with Crippen molar-refractivity contribution < 1.29 is 4.74 Å². The molecule has 0 aromatic carbocycles. The van der Waals surface area contributed by atoms with Crippen molar-refractivity contribution in [1.82, 2.24) is 9.55 Å². The van der Waals surface area contributed by atoms with Crippen molar-refractivity contribution in [3.63, 3.8) is 0 Å². The van der Waals surface area contributed by atoms with E-state index < -0.39 is 0 Å². The second-order valence-corrected chi connectivity index (χ2v) is 4.11. The standard InChI is InChI=1S/C11H19N3O/c1-3-10-9(4-7-15-10)8-13-11-12-5-6-14(11)2/h5-6,9-10H,3-4,7-8H2,1-2H3,(H,12,13). The highest BCUT2D eigenvalue weighted by Crippen LogP contribution is 2.23. The monoisotopic (exact) mass is 209 g/mol. The molecule has 2 rings (SSSR count). The van der Waals surface area contributed by atoms with Crippen LogP contribution in [0.5, 0.6) is 0 Å². The Morgan fingerprint density at radius 1 is 1.67 bits per heavy atom. The van der Waals surface area contributed by atoms with Gasteiger partial charge in [-0.3, -0.25) is 0 Å². The normalized spacial score (nSPS) is 25.7. The van der Waals surface area contributed by atoms with Crippen LogP contribution in [-0.2, 0) is 11.8 Å². The summed E-state index contributed by atoms with van der Waals surface area (Å²) in [6, 6.07) is 0. The Morgan fingerprint density at radius 2 is 2.53 bits per heavy atom. The van der Waals surface area contributed by atoms with Gasteiger partial charge in [0.15, 0.2) is 0 Å². The van der Waals surface area contributed by atoms with Gasteiger partial charge in [-0.1, -0.05) is 6.92 Å². The van der Waals surface area contributed by atoms with E-state index in [9.17, 15) is 0 Å². The summed E-state index contributed by atoms with van der Waals surface area (Å²) in [4.78, 5) is 4.24. The Morgan fingerprint density at radius 3 is 3.20 bits per heavy atom. The molecule has 2 atom stereocenters. The van der Waals surface area contributed by atoms with Crippen molar-refractivity contribution in [3.8, 4) is 0 Å². The van der Waals surface area contributed by atoms with Crippen molar-refractivity contribution >= 4 is 5.95 Å². The number of ether oxygens (including phenoxy) is 1. The van der Waals surface area contributed by atoms with Crippen LogP contribution >= 0.6 is 0 Å². The number of hydrogen-bond donors (Lipinski definition) is 1. The van der Waals surface area contributed by atoms with Gasteiger partial charge in [0.25, 0.3) is 0 Å². The molecule has 0 radical (unpaired) electrons. The van der Waals surface area contributed by atoms with E-state index >= 15 is 0 Å². The molecule has 84 valence electrons. The summed E-state index contributed by atoms with van der Waals surface area (Å²) in [5.41, 5.74) is 0. The molecule has 1 aliphatic rings. The molecule has 1 aliphatic heterocycles. The lowest BCUT2D eigenvalue weighted by Gasteiger charge is -2.17. The summed E-state index contributed by atoms with van der Waals surface area (Å²) < 4.78 is 7.64. The van der Waals surface area contributed by atoms with Gasteiger partial charge in [-0.05, 0) is 12.8 Å². The number of aromatic nitrogens is 2. The van der Waals surface area contributed by atoms with E-state index in [4.69, 9.17) is 4.74 Å². The van der Waals surface area contributed by atoms with Crippen molar-refractivity contribution in [2.24, 2.45) is 13.0 Å². The molecule has 0 amide bonds. The molecule has 1 N–H and O–H groups in total. The van der Waals surface area contributed by atoms with E-state index in [1.165, 1.54) is 0 Å². The van der Waals surface area contributed by atoms with E-state index in [0.717, 1.165) is 31.9 Å². The first-order valence-corrected chi connectivity index (χ1v) is 5.64. The molecule has 0 bridgehead atoms. The molecule has 1 saturated heterocycles. The summed E-state index contributed by atoms with van der Waals surface area (Å²) in [6.07, 6.45) is 6.45. The lowest BCUT2D eigenvalue weighted by atomic mass is 10.00. The third-order valence-corrected chi connectivity index (χ3v) is 3.09. The minimum atomic E-state index is 0.428. The van der Waals surface area contributed by atoms with E-state index in [2.05, 4.69) is 17.2 Å². The van der Waals surface area contributed by atoms with Crippen molar-refractivity contribution in [3.05, 3.63) is 12.4 Å². The fourth-order valence-electron chi connectivity index (χ4n) is 2.14. The second kappa shape index (κ2) is 4.66. The van der Waals surface area contributed by atoms with Crippen LogP contribution in [0, 0.1) is 5.92 Å². The lowest BCUT2D eigenvalue weighted by molar-refractivity contribution is 0.0899. The molecule has 0 aliphatic carbocycles. The highest BCUT2D eigenvalue weighted by Gasteiger charge is 2.26. The fraction of sp³-hybridized carbons (Fsp3) is 0.727. The summed E-state index contributed by atoms with van der Waals surface area (Å²) in [5, 5.41) is 3.37. The summed E-state index contributed by atoms with van der Waals surface area (Å²) >= 11 is 0. The van der Waals surface area contributed by atoms with Crippen molar-refractivity contribution in [1.29, 1.82) is 0 Å². The summed E-state index contributed by atoms with van der Waals surface area (Å²) in [6.45, 7) is 4.05. The predicted octanol–water partition coefficient (Wildman–Crippen LogP) is 1.65. The average Bonchev–Trinajstić information content (AvgIpc) is 2.83. The maximum absolute atomic E-state index is 5.65. The van der Waals surface area contributed by atoms with Gasteiger partial charge in [0, 0.05) is 38.5 Å². The molecular formula is C11H19N3O. The van der Waals surface area contributed by atoms with E-state index in [0.29, 0.717) is 12.0 Å². The van der Waals surface area contributed by atoms with E-state index in [-0.39, 0.29) is 0 Å². The third kappa shape index (κ3) is 2.31. The minimum Gasteiger partial charge on any atom is -0.378 e. The molecule has 4 nitrogen and oxygen atoms in total. The highest BCUT2D eigenvalue weighted by molar-refractivity contribution is 5.25. The quantitative estimate of drug-likeness (QED) is 0.819. The first-order valence-electron chi connectivity index (χ1n) is 5.64. The first-order chi connectivity index (χ1) is 7.31. The van der Waals surface area contributed by atoms with Crippen LogP contribution in [0.4, 0.5) is 5.95 Å². The van der Waals surface area contributed by atoms with Crippen LogP contribution in [0.3, 0.4) is 0 Å². The number of nitrogens with zero attached hydrogens (tertiary/aromatic N) is 2. The molecule has 1 fully saturated rings. The van der Waals surface area contributed by atoms with E-state index in [1.54, 1.807) is 0 Å². The van der Waals surface area contributed by atoms with Crippen LogP contribution in [0.15, 0.2) is 12.4 Å². The predicted molar refractivity (Wildman–Crippen MR) is 59.8 cm³/mol. The molecule has 1 aromatic rings. The Kier molecular flexibility index (Phi) is 3.26. The van der Waals surface area contributed by atoms with Gasteiger partial charge < -0.3 is 14.6 Å². The van der Waals surface area contributed by atoms with Crippen molar-refractivity contribution in [2.75, 3.05) is 18.5 Å². The molecule has 2 unspecified atom stereocenters. The van der Waals surface area contributed by atoms with Crippen LogP contribution in [0.25, 0.3) is 0 Å². The van der Waals surface area contributed by atoms with Crippen LogP contribution in [0.2, 0.25) is 0 Å². The third-order valence-electron chi connectivity index (χ3n) is 3.09. The fourth-order valence-corrected chi connectivity index (χ4v) is 2.14. The summed E-state index contributed by atoms with van der Waals surface area (Å²) in [7, 11) is 2.00. The van der Waals surface area contributed by atoms with Gasteiger partial charge in [0.1, 0.15) is 0 Å². The zero-order chi connectivity index (χ0) is 10.7. The number of imidazole rings is 1. The number of aryl methyl sites for hydroxylation is 1. The van der Waals surface area contributed by atoms with E-state index in [1.807, 2.05) is 24.0 Å². The molecule has 1 aromatic heterocycles. The number of rotatable bonds is 4. The van der Waals surface area contributed by atoms with Crippen LogP contribution < -0.4 is 5.32 Å². The summed E-state index contributed by atoms with van der Waals surface area (Å²) in [5.74, 6) is 1.57. The zero-order valence-electron chi connectivity index (χ0n) is 9.44. The van der Waals surface area contributed by atoms with Crippen molar-refractivity contribution in [2.45, 2.75) is 25.9 Å². The minimum absolute atomic E-state index is 0.428. The zero-order valence-corrected chi connectivity index (χ0v) is 9.44. The number of hydrogen-bond acceptors (Lipinski definition) is 3. The van der Waals surface area contributed by atoms with Crippen LogP contribution in [-0.4, -0.2) is 28.8 Å². The Balaban J connectivity index is 1.85. The van der Waals surface area contributed by atoms with Gasteiger partial charge in [0.2, 0.25) is 5.95 Å². The Bertz CT molecular complexity index is 311. The second-order valence-electron chi connectivity index (χ2n) is 4.11. The molecular weight excluding hydrogens is 190 g/mol. The Hall–Kier alpha value is -1.03. The first kappa shape index (κ1) is 10.5. The lowest BCUT2D eigenvalue weighted by Crippen LogP contribution is -2.23. The Labute approximate surface area is 90.6 Å². The van der Waals surface area contributed by atoms with Gasteiger partial charge in [-0.2, -0.15) is 0 Å². The SMILES string of the molecule is CCC1OCCC1CNc1nccn1C. The molecule has 15 heavy (non-hydrogen) atoms. The van der Waals surface area contributed by atoms with Gasteiger partial charge in [-0.25, -0.2) is 4.98 Å².